The zero-order valence-electron chi connectivity index (χ0n) is 8.02. The summed E-state index contributed by atoms with van der Waals surface area (Å²) in [4.78, 5) is 0. The van der Waals surface area contributed by atoms with Crippen LogP contribution >= 0.6 is 15.9 Å². The third-order valence-corrected chi connectivity index (χ3v) is 2.94. The minimum Gasteiger partial charge on any atom is -0.120 e. The molecular weight excluding hydrogens is 224 g/mol. The van der Waals surface area contributed by atoms with Gasteiger partial charge in [-0.15, -0.1) is 12.3 Å². The molecule has 0 aliphatic carbocycles. The first-order valence-electron chi connectivity index (χ1n) is 4.34. The monoisotopic (exact) mass is 236 g/mol. The van der Waals surface area contributed by atoms with E-state index in [1.54, 1.807) is 0 Å². The number of rotatable bonds is 2. The first-order valence-corrected chi connectivity index (χ1v) is 5.13. The van der Waals surface area contributed by atoms with E-state index < -0.39 is 0 Å². The van der Waals surface area contributed by atoms with Crippen LogP contribution in [0.4, 0.5) is 0 Å². The maximum atomic E-state index is 5.23. The molecule has 0 radical (unpaired) electrons. The normalized spacial score (nSPS) is 9.69. The van der Waals surface area contributed by atoms with E-state index in [1.807, 2.05) is 0 Å². The molecular formula is C12H13Br. The Morgan fingerprint density at radius 2 is 1.92 bits per heavy atom. The Morgan fingerprint density at radius 1 is 1.31 bits per heavy atom. The van der Waals surface area contributed by atoms with Crippen molar-refractivity contribution in [3.63, 3.8) is 0 Å². The third-order valence-electron chi connectivity index (χ3n) is 2.20. The average molecular weight is 237 g/mol. The predicted molar refractivity (Wildman–Crippen MR) is 60.8 cm³/mol. The Labute approximate surface area is 88.5 Å². The number of halogens is 1. The average Bonchev–Trinajstić information content (AvgIpc) is 2.09. The maximum absolute atomic E-state index is 5.23. The molecule has 0 heterocycles. The Hall–Kier alpha value is -0.740. The molecule has 0 saturated carbocycles. The van der Waals surface area contributed by atoms with Crippen molar-refractivity contribution in [2.45, 2.75) is 26.7 Å². The van der Waals surface area contributed by atoms with E-state index in [4.69, 9.17) is 6.42 Å². The standard InChI is InChI=1S/C12H13Br/c1-4-5-6-11-7-9(2)10(3)8-12(11)13/h1,7-8H,5-6H2,2-3H3. The molecule has 0 bridgehead atoms. The molecule has 0 amide bonds. The largest absolute Gasteiger partial charge is 0.120 e. The highest BCUT2D eigenvalue weighted by Gasteiger charge is 2.01. The first kappa shape index (κ1) is 10.3. The quantitative estimate of drug-likeness (QED) is 0.689. The molecule has 1 heteroatoms. The van der Waals surface area contributed by atoms with Crippen LogP contribution in [-0.4, -0.2) is 0 Å². The van der Waals surface area contributed by atoms with Crippen molar-refractivity contribution in [2.24, 2.45) is 0 Å². The smallest absolute Gasteiger partial charge is 0.0210 e. The van der Waals surface area contributed by atoms with Crippen molar-refractivity contribution in [3.8, 4) is 12.3 Å². The highest BCUT2D eigenvalue weighted by Crippen LogP contribution is 2.22. The molecule has 0 spiro atoms. The van der Waals surface area contributed by atoms with E-state index in [1.165, 1.54) is 21.2 Å². The lowest BCUT2D eigenvalue weighted by Gasteiger charge is -2.06. The lowest BCUT2D eigenvalue weighted by atomic mass is 10.0. The Bertz CT molecular complexity index is 345. The summed E-state index contributed by atoms with van der Waals surface area (Å²) in [7, 11) is 0. The van der Waals surface area contributed by atoms with Crippen LogP contribution in [0.15, 0.2) is 16.6 Å². The lowest BCUT2D eigenvalue weighted by Crippen LogP contribution is -1.90. The van der Waals surface area contributed by atoms with Gasteiger partial charge in [0.15, 0.2) is 0 Å². The van der Waals surface area contributed by atoms with E-state index in [0.717, 1.165) is 12.8 Å². The van der Waals surface area contributed by atoms with Gasteiger partial charge in [0, 0.05) is 10.9 Å². The summed E-state index contributed by atoms with van der Waals surface area (Å²) in [6.45, 7) is 4.24. The lowest BCUT2D eigenvalue weighted by molar-refractivity contribution is 1.01. The van der Waals surface area contributed by atoms with Gasteiger partial charge in [0.2, 0.25) is 0 Å². The number of aryl methyl sites for hydroxylation is 3. The second-order valence-electron chi connectivity index (χ2n) is 3.23. The molecule has 0 aromatic heterocycles. The van der Waals surface area contributed by atoms with Gasteiger partial charge in [0.05, 0.1) is 0 Å². The van der Waals surface area contributed by atoms with Gasteiger partial charge in [-0.25, -0.2) is 0 Å². The van der Waals surface area contributed by atoms with Crippen LogP contribution < -0.4 is 0 Å². The van der Waals surface area contributed by atoms with E-state index in [2.05, 4.69) is 47.8 Å². The van der Waals surface area contributed by atoms with Crippen LogP contribution in [-0.2, 0) is 6.42 Å². The zero-order chi connectivity index (χ0) is 9.84. The van der Waals surface area contributed by atoms with Gasteiger partial charge < -0.3 is 0 Å². The van der Waals surface area contributed by atoms with Crippen molar-refractivity contribution in [1.82, 2.24) is 0 Å². The molecule has 0 unspecified atom stereocenters. The van der Waals surface area contributed by atoms with Crippen molar-refractivity contribution in [1.29, 1.82) is 0 Å². The SMILES string of the molecule is C#CCCc1cc(C)c(C)cc1Br. The second kappa shape index (κ2) is 4.48. The van der Waals surface area contributed by atoms with Gasteiger partial charge in [-0.3, -0.25) is 0 Å². The van der Waals surface area contributed by atoms with Gasteiger partial charge in [-0.05, 0) is 43.0 Å². The summed E-state index contributed by atoms with van der Waals surface area (Å²) in [5.74, 6) is 2.66. The van der Waals surface area contributed by atoms with Crippen molar-refractivity contribution < 1.29 is 0 Å². The van der Waals surface area contributed by atoms with E-state index >= 15 is 0 Å². The van der Waals surface area contributed by atoms with Crippen LogP contribution in [0.3, 0.4) is 0 Å². The molecule has 0 nitrogen and oxygen atoms in total. The van der Waals surface area contributed by atoms with Gasteiger partial charge in [-0.2, -0.15) is 0 Å². The molecule has 0 aliphatic rings. The third kappa shape index (κ3) is 2.60. The molecule has 0 fully saturated rings. The Morgan fingerprint density at radius 3 is 2.54 bits per heavy atom. The molecule has 1 aromatic carbocycles. The van der Waals surface area contributed by atoms with Gasteiger partial charge in [0.25, 0.3) is 0 Å². The van der Waals surface area contributed by atoms with E-state index in [9.17, 15) is 0 Å². The second-order valence-corrected chi connectivity index (χ2v) is 4.09. The fraction of sp³-hybridized carbons (Fsp3) is 0.333. The van der Waals surface area contributed by atoms with Crippen LogP contribution in [0.1, 0.15) is 23.1 Å². The van der Waals surface area contributed by atoms with E-state index in [0.29, 0.717) is 0 Å². The first-order chi connectivity index (χ1) is 6.15. The number of hydrogen-bond acceptors (Lipinski definition) is 0. The van der Waals surface area contributed by atoms with Crippen LogP contribution in [0.5, 0.6) is 0 Å². The highest BCUT2D eigenvalue weighted by atomic mass is 79.9. The summed E-state index contributed by atoms with van der Waals surface area (Å²) < 4.78 is 1.17. The summed E-state index contributed by atoms with van der Waals surface area (Å²) in [6, 6.07) is 4.36. The molecule has 13 heavy (non-hydrogen) atoms. The summed E-state index contributed by atoms with van der Waals surface area (Å²) >= 11 is 3.54. The van der Waals surface area contributed by atoms with Crippen LogP contribution in [0.25, 0.3) is 0 Å². The van der Waals surface area contributed by atoms with Gasteiger partial charge in [0.1, 0.15) is 0 Å². The molecule has 68 valence electrons. The summed E-state index contributed by atoms with van der Waals surface area (Å²) in [6.07, 6.45) is 6.99. The molecule has 0 saturated heterocycles. The zero-order valence-corrected chi connectivity index (χ0v) is 9.61. The number of benzene rings is 1. The number of hydrogen-bond donors (Lipinski definition) is 0. The maximum Gasteiger partial charge on any atom is 0.0210 e. The predicted octanol–water partition coefficient (Wildman–Crippen LogP) is 3.63. The molecule has 1 aromatic rings. The van der Waals surface area contributed by atoms with Gasteiger partial charge in [-0.1, -0.05) is 22.0 Å². The fourth-order valence-corrected chi connectivity index (χ4v) is 1.90. The van der Waals surface area contributed by atoms with Crippen molar-refractivity contribution in [2.75, 3.05) is 0 Å². The topological polar surface area (TPSA) is 0 Å². The fourth-order valence-electron chi connectivity index (χ4n) is 1.24. The summed E-state index contributed by atoms with van der Waals surface area (Å²) in [5, 5.41) is 0. The van der Waals surface area contributed by atoms with Crippen LogP contribution in [0, 0.1) is 26.2 Å². The van der Waals surface area contributed by atoms with Crippen molar-refractivity contribution >= 4 is 15.9 Å². The van der Waals surface area contributed by atoms with E-state index in [-0.39, 0.29) is 0 Å². The Balaban J connectivity index is 2.96. The Kier molecular flexibility index (Phi) is 3.57. The minimum atomic E-state index is 0.807. The van der Waals surface area contributed by atoms with Gasteiger partial charge >= 0.3 is 0 Å². The molecule has 1 rings (SSSR count). The number of terminal acetylenes is 1. The molecule has 0 aliphatic heterocycles. The minimum absolute atomic E-state index is 0.807. The highest BCUT2D eigenvalue weighted by molar-refractivity contribution is 9.10. The summed E-state index contributed by atoms with van der Waals surface area (Å²) in [5.41, 5.74) is 3.95. The molecule has 0 atom stereocenters. The molecule has 0 N–H and O–H groups in total. The van der Waals surface area contributed by atoms with Crippen molar-refractivity contribution in [3.05, 3.63) is 33.3 Å². The van der Waals surface area contributed by atoms with Crippen LogP contribution in [0.2, 0.25) is 0 Å².